The molecule has 1 aromatic carbocycles. The number of halogens is 1. The van der Waals surface area contributed by atoms with Gasteiger partial charge in [-0.3, -0.25) is 0 Å². The van der Waals surface area contributed by atoms with Gasteiger partial charge in [-0.25, -0.2) is 4.39 Å². The Labute approximate surface area is 70.6 Å². The van der Waals surface area contributed by atoms with Crippen LogP contribution in [0, 0.1) is 0 Å². The van der Waals surface area contributed by atoms with Gasteiger partial charge in [-0.1, -0.05) is 12.1 Å². The molecule has 0 unspecified atom stereocenters. The molecule has 0 amide bonds. The molecule has 0 radical (unpaired) electrons. The third-order valence-electron chi connectivity index (χ3n) is 1.64. The van der Waals surface area contributed by atoms with E-state index in [0.29, 0.717) is 11.3 Å². The highest BCUT2D eigenvalue weighted by Gasteiger charge is 2.06. The monoisotopic (exact) mass is 170 g/mol. The zero-order chi connectivity index (χ0) is 8.97. The average molecular weight is 170 g/mol. The Morgan fingerprint density at radius 3 is 2.42 bits per heavy atom. The summed E-state index contributed by atoms with van der Waals surface area (Å²) in [7, 11) is 1.55. The molecular formula is C9H11FO2. The number of hydrogen-bond acceptors (Lipinski definition) is 2. The van der Waals surface area contributed by atoms with Crippen molar-refractivity contribution in [3.63, 3.8) is 0 Å². The Morgan fingerprint density at radius 1 is 1.42 bits per heavy atom. The second-order valence-electron chi connectivity index (χ2n) is 2.42. The Morgan fingerprint density at radius 2 is 2.00 bits per heavy atom. The highest BCUT2D eigenvalue weighted by Crippen LogP contribution is 2.19. The zero-order valence-corrected chi connectivity index (χ0v) is 6.83. The van der Waals surface area contributed by atoms with Crippen LogP contribution in [0.4, 0.5) is 4.39 Å². The van der Waals surface area contributed by atoms with Crippen LogP contribution in [-0.2, 0) is 0 Å². The molecule has 0 fully saturated rings. The van der Waals surface area contributed by atoms with Crippen molar-refractivity contribution in [2.45, 2.75) is 6.17 Å². The van der Waals surface area contributed by atoms with E-state index in [2.05, 4.69) is 0 Å². The molecule has 3 heteroatoms. The van der Waals surface area contributed by atoms with E-state index in [1.165, 1.54) is 0 Å². The predicted molar refractivity (Wildman–Crippen MR) is 43.9 cm³/mol. The lowest BCUT2D eigenvalue weighted by Gasteiger charge is -2.05. The first-order chi connectivity index (χ1) is 5.77. The Hall–Kier alpha value is -1.09. The van der Waals surface area contributed by atoms with Gasteiger partial charge in [0.2, 0.25) is 0 Å². The van der Waals surface area contributed by atoms with Crippen molar-refractivity contribution < 1.29 is 14.2 Å². The molecule has 0 aliphatic heterocycles. The van der Waals surface area contributed by atoms with Gasteiger partial charge in [0.25, 0.3) is 0 Å². The first kappa shape index (κ1) is 9.00. The Kier molecular flexibility index (Phi) is 3.05. The molecule has 0 saturated carbocycles. The van der Waals surface area contributed by atoms with Crippen molar-refractivity contribution in [2.75, 3.05) is 13.7 Å². The highest BCUT2D eigenvalue weighted by molar-refractivity contribution is 5.28. The number of ether oxygens (including phenoxy) is 1. The Balaban J connectivity index is 2.77. The summed E-state index contributed by atoms with van der Waals surface area (Å²) in [6.45, 7) is -0.480. The van der Waals surface area contributed by atoms with Crippen LogP contribution in [-0.4, -0.2) is 18.8 Å². The second-order valence-corrected chi connectivity index (χ2v) is 2.42. The summed E-state index contributed by atoms with van der Waals surface area (Å²) < 4.78 is 17.7. The van der Waals surface area contributed by atoms with E-state index in [4.69, 9.17) is 9.84 Å². The summed E-state index contributed by atoms with van der Waals surface area (Å²) in [5, 5.41) is 8.51. The van der Waals surface area contributed by atoms with Gasteiger partial charge >= 0.3 is 0 Å². The molecule has 0 heterocycles. The maximum Gasteiger partial charge on any atom is 0.148 e. The quantitative estimate of drug-likeness (QED) is 0.748. The summed E-state index contributed by atoms with van der Waals surface area (Å²) in [4.78, 5) is 0. The predicted octanol–water partition coefficient (Wildman–Crippen LogP) is 1.70. The summed E-state index contributed by atoms with van der Waals surface area (Å²) in [6, 6.07) is 6.52. The van der Waals surface area contributed by atoms with Gasteiger partial charge in [-0.2, -0.15) is 0 Å². The summed E-state index contributed by atoms with van der Waals surface area (Å²) >= 11 is 0. The molecule has 2 nitrogen and oxygen atoms in total. The molecule has 66 valence electrons. The van der Waals surface area contributed by atoms with Crippen LogP contribution < -0.4 is 4.74 Å². The molecule has 0 aromatic heterocycles. The van der Waals surface area contributed by atoms with Crippen molar-refractivity contribution in [2.24, 2.45) is 0 Å². The maximum atomic E-state index is 12.8. The van der Waals surface area contributed by atoms with Gasteiger partial charge in [-0.15, -0.1) is 0 Å². The van der Waals surface area contributed by atoms with E-state index in [9.17, 15) is 4.39 Å². The minimum absolute atomic E-state index is 0.471. The first-order valence-electron chi connectivity index (χ1n) is 3.67. The van der Waals surface area contributed by atoms with Gasteiger partial charge in [0.05, 0.1) is 13.7 Å². The molecule has 0 bridgehead atoms. The van der Waals surface area contributed by atoms with Gasteiger partial charge in [0.1, 0.15) is 11.9 Å². The van der Waals surface area contributed by atoms with Crippen LogP contribution in [0.1, 0.15) is 11.7 Å². The zero-order valence-electron chi connectivity index (χ0n) is 6.83. The molecule has 0 aliphatic rings. The third kappa shape index (κ3) is 1.95. The molecule has 12 heavy (non-hydrogen) atoms. The van der Waals surface area contributed by atoms with Crippen LogP contribution in [0.2, 0.25) is 0 Å². The lowest BCUT2D eigenvalue weighted by molar-refractivity contribution is 0.180. The normalized spacial score (nSPS) is 12.6. The van der Waals surface area contributed by atoms with Crippen LogP contribution in [0.5, 0.6) is 5.75 Å². The first-order valence-corrected chi connectivity index (χ1v) is 3.67. The third-order valence-corrected chi connectivity index (χ3v) is 1.64. The molecule has 0 spiro atoms. The topological polar surface area (TPSA) is 29.5 Å². The summed E-state index contributed by atoms with van der Waals surface area (Å²) in [5.74, 6) is 0.684. The fourth-order valence-electron chi connectivity index (χ4n) is 0.918. The van der Waals surface area contributed by atoms with E-state index in [-0.39, 0.29) is 0 Å². The number of aliphatic hydroxyl groups is 1. The standard InChI is InChI=1S/C9H11FO2/c1-12-8-4-2-7(3-5-8)9(10)6-11/h2-5,9,11H,6H2,1H3/t9-/m0/s1. The number of rotatable bonds is 3. The number of aliphatic hydroxyl groups excluding tert-OH is 1. The fraction of sp³-hybridized carbons (Fsp3) is 0.333. The van der Waals surface area contributed by atoms with Crippen LogP contribution in [0.3, 0.4) is 0 Å². The van der Waals surface area contributed by atoms with Gasteiger partial charge in [0.15, 0.2) is 0 Å². The maximum absolute atomic E-state index is 12.8. The molecule has 1 atom stereocenters. The smallest absolute Gasteiger partial charge is 0.148 e. The van der Waals surface area contributed by atoms with Gasteiger partial charge in [-0.05, 0) is 17.7 Å². The van der Waals surface area contributed by atoms with Gasteiger partial charge in [0, 0.05) is 0 Å². The van der Waals surface area contributed by atoms with Crippen LogP contribution >= 0.6 is 0 Å². The minimum Gasteiger partial charge on any atom is -0.497 e. The average Bonchev–Trinajstić information content (AvgIpc) is 2.17. The molecular weight excluding hydrogens is 159 g/mol. The van der Waals surface area contributed by atoms with Crippen molar-refractivity contribution in [1.82, 2.24) is 0 Å². The molecule has 0 aliphatic carbocycles. The largest absolute Gasteiger partial charge is 0.497 e. The van der Waals surface area contributed by atoms with Crippen molar-refractivity contribution >= 4 is 0 Å². The lowest BCUT2D eigenvalue weighted by Crippen LogP contribution is -1.96. The lowest BCUT2D eigenvalue weighted by atomic mass is 10.1. The van der Waals surface area contributed by atoms with E-state index in [1.54, 1.807) is 31.4 Å². The SMILES string of the molecule is COc1ccc([C@@H](F)CO)cc1. The summed E-state index contributed by atoms with van der Waals surface area (Å²) in [5.41, 5.74) is 0.471. The Bertz CT molecular complexity index is 233. The number of hydrogen-bond donors (Lipinski definition) is 1. The van der Waals surface area contributed by atoms with Crippen LogP contribution in [0.25, 0.3) is 0 Å². The summed E-state index contributed by atoms with van der Waals surface area (Å²) in [6.07, 6.45) is -1.30. The van der Waals surface area contributed by atoms with E-state index >= 15 is 0 Å². The molecule has 1 N–H and O–H groups in total. The molecule has 1 rings (SSSR count). The van der Waals surface area contributed by atoms with Crippen molar-refractivity contribution in [3.05, 3.63) is 29.8 Å². The van der Waals surface area contributed by atoms with Gasteiger partial charge < -0.3 is 9.84 Å². The van der Waals surface area contributed by atoms with Crippen molar-refractivity contribution in [1.29, 1.82) is 0 Å². The van der Waals surface area contributed by atoms with Crippen LogP contribution in [0.15, 0.2) is 24.3 Å². The highest BCUT2D eigenvalue weighted by atomic mass is 19.1. The number of methoxy groups -OCH3 is 1. The fourth-order valence-corrected chi connectivity index (χ4v) is 0.918. The number of alkyl halides is 1. The van der Waals surface area contributed by atoms with E-state index in [0.717, 1.165) is 0 Å². The molecule has 1 aromatic rings. The molecule has 0 saturated heterocycles. The minimum atomic E-state index is -1.30. The van der Waals surface area contributed by atoms with Crippen molar-refractivity contribution in [3.8, 4) is 5.75 Å². The van der Waals surface area contributed by atoms with E-state index < -0.39 is 12.8 Å². The number of benzene rings is 1. The van der Waals surface area contributed by atoms with E-state index in [1.807, 2.05) is 0 Å². The second kappa shape index (κ2) is 4.07.